The predicted octanol–water partition coefficient (Wildman–Crippen LogP) is 2.48. The highest BCUT2D eigenvalue weighted by Gasteiger charge is 2.45. The molecule has 3 heteroatoms. The van der Waals surface area contributed by atoms with Gasteiger partial charge in [-0.2, -0.15) is 0 Å². The van der Waals surface area contributed by atoms with Crippen LogP contribution in [0.4, 0.5) is 0 Å². The highest BCUT2D eigenvalue weighted by Crippen LogP contribution is 2.48. The van der Waals surface area contributed by atoms with Crippen LogP contribution in [-0.4, -0.2) is 12.1 Å². The minimum absolute atomic E-state index is 0.0171. The molecule has 2 nitrogen and oxygen atoms in total. The van der Waals surface area contributed by atoms with E-state index in [0.717, 1.165) is 17.3 Å². The van der Waals surface area contributed by atoms with Gasteiger partial charge in [0.1, 0.15) is 0 Å². The number of pyridine rings is 1. The maximum atomic E-state index is 5.43. The zero-order valence-electron chi connectivity index (χ0n) is 6.88. The number of rotatable bonds is 2. The summed E-state index contributed by atoms with van der Waals surface area (Å²) in [6.45, 7) is 0. The van der Waals surface area contributed by atoms with Gasteiger partial charge in [-0.05, 0) is 34.8 Å². The van der Waals surface area contributed by atoms with Crippen LogP contribution in [0.5, 0.6) is 0 Å². The summed E-state index contributed by atoms with van der Waals surface area (Å²) >= 11 is 3.39. The van der Waals surface area contributed by atoms with Crippen LogP contribution in [0.3, 0.4) is 0 Å². The van der Waals surface area contributed by atoms with Gasteiger partial charge in [0.2, 0.25) is 0 Å². The van der Waals surface area contributed by atoms with Crippen molar-refractivity contribution in [3.8, 4) is 0 Å². The first kappa shape index (κ1) is 8.20. The SMILES string of the molecule is COC1(c2cncc(Br)c2)CC1. The molecule has 2 rings (SSSR count). The van der Waals surface area contributed by atoms with Crippen LogP contribution < -0.4 is 0 Å². The molecule has 0 aromatic carbocycles. The molecule has 1 heterocycles. The summed E-state index contributed by atoms with van der Waals surface area (Å²) in [6.07, 6.45) is 5.89. The van der Waals surface area contributed by atoms with Gasteiger partial charge in [0.15, 0.2) is 0 Å². The van der Waals surface area contributed by atoms with Gasteiger partial charge in [-0.15, -0.1) is 0 Å². The van der Waals surface area contributed by atoms with Crippen molar-refractivity contribution in [3.63, 3.8) is 0 Å². The summed E-state index contributed by atoms with van der Waals surface area (Å²) in [5.41, 5.74) is 1.16. The van der Waals surface area contributed by atoms with Crippen molar-refractivity contribution in [2.24, 2.45) is 0 Å². The standard InChI is InChI=1S/C9H10BrNO/c1-12-9(2-3-9)7-4-8(10)6-11-5-7/h4-6H,2-3H2,1H3. The predicted molar refractivity (Wildman–Crippen MR) is 49.9 cm³/mol. The first-order valence-corrected chi connectivity index (χ1v) is 4.72. The Morgan fingerprint density at radius 2 is 2.25 bits per heavy atom. The molecule has 1 aromatic rings. The number of hydrogen-bond acceptors (Lipinski definition) is 2. The van der Waals surface area contributed by atoms with E-state index in [-0.39, 0.29) is 5.60 Å². The summed E-state index contributed by atoms with van der Waals surface area (Å²) in [7, 11) is 1.76. The number of methoxy groups -OCH3 is 1. The molecule has 12 heavy (non-hydrogen) atoms. The van der Waals surface area contributed by atoms with Crippen LogP contribution in [0.1, 0.15) is 18.4 Å². The first-order chi connectivity index (χ1) is 5.77. The van der Waals surface area contributed by atoms with E-state index in [1.165, 1.54) is 5.56 Å². The van der Waals surface area contributed by atoms with Gasteiger partial charge >= 0.3 is 0 Å². The average Bonchev–Trinajstić information content (AvgIpc) is 2.84. The fourth-order valence-corrected chi connectivity index (χ4v) is 1.75. The third kappa shape index (κ3) is 1.27. The molecule has 64 valence electrons. The second-order valence-corrected chi connectivity index (χ2v) is 4.01. The van der Waals surface area contributed by atoms with Gasteiger partial charge in [-0.1, -0.05) is 0 Å². The molecule has 0 unspecified atom stereocenters. The van der Waals surface area contributed by atoms with E-state index < -0.39 is 0 Å². The molecule has 0 radical (unpaired) electrons. The van der Waals surface area contributed by atoms with Crippen LogP contribution in [-0.2, 0) is 10.3 Å². The fraction of sp³-hybridized carbons (Fsp3) is 0.444. The van der Waals surface area contributed by atoms with E-state index in [2.05, 4.69) is 27.0 Å². The van der Waals surface area contributed by atoms with Crippen LogP contribution in [0, 0.1) is 0 Å². The summed E-state index contributed by atoms with van der Waals surface area (Å²) < 4.78 is 6.45. The molecule has 0 aliphatic heterocycles. The lowest BCUT2D eigenvalue weighted by Gasteiger charge is -2.12. The minimum Gasteiger partial charge on any atom is -0.373 e. The molecule has 1 fully saturated rings. The van der Waals surface area contributed by atoms with Gasteiger partial charge in [-0.25, -0.2) is 0 Å². The van der Waals surface area contributed by atoms with Crippen molar-refractivity contribution in [1.82, 2.24) is 4.98 Å². The monoisotopic (exact) mass is 227 g/mol. The van der Waals surface area contributed by atoms with E-state index in [1.807, 2.05) is 6.20 Å². The lowest BCUT2D eigenvalue weighted by molar-refractivity contribution is 0.0786. The Morgan fingerprint density at radius 3 is 2.75 bits per heavy atom. The Morgan fingerprint density at radius 1 is 1.50 bits per heavy atom. The van der Waals surface area contributed by atoms with Gasteiger partial charge < -0.3 is 4.74 Å². The number of hydrogen-bond donors (Lipinski definition) is 0. The van der Waals surface area contributed by atoms with Crippen LogP contribution >= 0.6 is 15.9 Å². The van der Waals surface area contributed by atoms with Crippen molar-refractivity contribution in [3.05, 3.63) is 28.5 Å². The number of halogens is 1. The fourth-order valence-electron chi connectivity index (χ4n) is 1.39. The lowest BCUT2D eigenvalue weighted by Crippen LogP contribution is -2.08. The minimum atomic E-state index is -0.0171. The van der Waals surface area contributed by atoms with Gasteiger partial charge in [0.25, 0.3) is 0 Å². The van der Waals surface area contributed by atoms with E-state index in [1.54, 1.807) is 13.3 Å². The Kier molecular flexibility index (Phi) is 1.93. The smallest absolute Gasteiger partial charge is 0.0945 e. The van der Waals surface area contributed by atoms with Crippen molar-refractivity contribution >= 4 is 15.9 Å². The van der Waals surface area contributed by atoms with Crippen molar-refractivity contribution < 1.29 is 4.74 Å². The zero-order valence-corrected chi connectivity index (χ0v) is 8.47. The van der Waals surface area contributed by atoms with E-state index in [4.69, 9.17) is 4.74 Å². The highest BCUT2D eigenvalue weighted by atomic mass is 79.9. The Balaban J connectivity index is 2.34. The molecule has 0 bridgehead atoms. The van der Waals surface area contributed by atoms with Crippen LogP contribution in [0.15, 0.2) is 22.9 Å². The zero-order chi connectivity index (χ0) is 8.60. The van der Waals surface area contributed by atoms with Crippen LogP contribution in [0.2, 0.25) is 0 Å². The summed E-state index contributed by atoms with van der Waals surface area (Å²) in [5.74, 6) is 0. The van der Waals surface area contributed by atoms with Gasteiger partial charge in [-0.3, -0.25) is 4.98 Å². The van der Waals surface area contributed by atoms with Crippen molar-refractivity contribution in [1.29, 1.82) is 0 Å². The lowest BCUT2D eigenvalue weighted by atomic mass is 10.1. The summed E-state index contributed by atoms with van der Waals surface area (Å²) in [5, 5.41) is 0. The van der Waals surface area contributed by atoms with Gasteiger partial charge in [0.05, 0.1) is 5.60 Å². The molecule has 0 amide bonds. The van der Waals surface area contributed by atoms with E-state index in [9.17, 15) is 0 Å². The Bertz CT molecular complexity index is 296. The first-order valence-electron chi connectivity index (χ1n) is 3.93. The highest BCUT2D eigenvalue weighted by molar-refractivity contribution is 9.10. The van der Waals surface area contributed by atoms with Crippen molar-refractivity contribution in [2.45, 2.75) is 18.4 Å². The van der Waals surface area contributed by atoms with Gasteiger partial charge in [0, 0.05) is 29.5 Å². The molecule has 0 spiro atoms. The van der Waals surface area contributed by atoms with Crippen LogP contribution in [0.25, 0.3) is 0 Å². The molecule has 1 aliphatic rings. The topological polar surface area (TPSA) is 22.1 Å². The van der Waals surface area contributed by atoms with E-state index in [0.29, 0.717) is 0 Å². The maximum Gasteiger partial charge on any atom is 0.0945 e. The quantitative estimate of drug-likeness (QED) is 0.775. The Labute approximate surface area is 80.1 Å². The normalized spacial score (nSPS) is 19.2. The molecular formula is C9H10BrNO. The number of aromatic nitrogens is 1. The molecule has 1 aromatic heterocycles. The molecule has 0 N–H and O–H groups in total. The largest absolute Gasteiger partial charge is 0.373 e. The third-order valence-electron chi connectivity index (χ3n) is 2.33. The molecule has 1 aliphatic carbocycles. The Hall–Kier alpha value is -0.410. The summed E-state index contributed by atoms with van der Waals surface area (Å²) in [4.78, 5) is 4.11. The second kappa shape index (κ2) is 2.82. The maximum absolute atomic E-state index is 5.43. The molecule has 1 saturated carbocycles. The second-order valence-electron chi connectivity index (χ2n) is 3.09. The summed E-state index contributed by atoms with van der Waals surface area (Å²) in [6, 6.07) is 2.07. The molecule has 0 saturated heterocycles. The van der Waals surface area contributed by atoms with Crippen molar-refractivity contribution in [2.75, 3.05) is 7.11 Å². The third-order valence-corrected chi connectivity index (χ3v) is 2.76. The number of ether oxygens (including phenoxy) is 1. The average molecular weight is 228 g/mol. The number of nitrogens with zero attached hydrogens (tertiary/aromatic N) is 1. The molecular weight excluding hydrogens is 218 g/mol. The van der Waals surface area contributed by atoms with E-state index >= 15 is 0 Å². The molecule has 0 atom stereocenters.